The Labute approximate surface area is 143 Å². The van der Waals surface area contributed by atoms with Gasteiger partial charge in [-0.25, -0.2) is 4.79 Å². The maximum atomic E-state index is 12.6. The molecule has 6 nitrogen and oxygen atoms in total. The van der Waals surface area contributed by atoms with Crippen molar-refractivity contribution in [3.63, 3.8) is 0 Å². The number of amides is 3. The summed E-state index contributed by atoms with van der Waals surface area (Å²) in [5.41, 5.74) is -0.544. The zero-order chi connectivity index (χ0) is 17.0. The first-order valence-corrected chi connectivity index (χ1v) is 8.23. The fourth-order valence-electron chi connectivity index (χ4n) is 2.34. The minimum atomic E-state index is -1.19. The summed E-state index contributed by atoms with van der Waals surface area (Å²) in [5.74, 6) is -1.05. The van der Waals surface area contributed by atoms with E-state index in [-0.39, 0.29) is 6.54 Å². The number of ether oxygens (including phenoxy) is 1. The zero-order valence-corrected chi connectivity index (χ0v) is 14.7. The second-order valence-electron chi connectivity index (χ2n) is 5.53. The number of urea groups is 1. The summed E-state index contributed by atoms with van der Waals surface area (Å²) in [5, 5.41) is 2.66. The van der Waals surface area contributed by atoms with Gasteiger partial charge in [0.15, 0.2) is 0 Å². The molecule has 1 N–H and O–H groups in total. The van der Waals surface area contributed by atoms with Crippen LogP contribution in [0.1, 0.15) is 32.3 Å². The Balaban J connectivity index is 2.12. The van der Waals surface area contributed by atoms with E-state index < -0.39 is 23.4 Å². The van der Waals surface area contributed by atoms with Crippen LogP contribution in [0.3, 0.4) is 0 Å². The molecule has 3 amide bonds. The lowest BCUT2D eigenvalue weighted by atomic mass is 9.92. The molecule has 1 aromatic rings. The number of imide groups is 1. The first-order chi connectivity index (χ1) is 10.9. The van der Waals surface area contributed by atoms with Gasteiger partial charge in [-0.05, 0) is 31.0 Å². The van der Waals surface area contributed by atoms with Crippen LogP contribution in [-0.4, -0.2) is 36.0 Å². The van der Waals surface area contributed by atoms with E-state index in [1.807, 2.05) is 13.0 Å². The number of carbonyl (C=O) groups is 3. The van der Waals surface area contributed by atoms with Gasteiger partial charge in [-0.2, -0.15) is 0 Å². The zero-order valence-electron chi connectivity index (χ0n) is 13.1. The topological polar surface area (TPSA) is 75.7 Å². The molecule has 0 radical (unpaired) electrons. The van der Waals surface area contributed by atoms with Crippen LogP contribution >= 0.6 is 15.9 Å². The van der Waals surface area contributed by atoms with Crippen molar-refractivity contribution in [1.29, 1.82) is 0 Å². The molecular formula is C16H19BrN2O4. The molecule has 0 aliphatic carbocycles. The van der Waals surface area contributed by atoms with Crippen LogP contribution in [0, 0.1) is 0 Å². The third-order valence-corrected chi connectivity index (χ3v) is 4.22. The van der Waals surface area contributed by atoms with Crippen molar-refractivity contribution >= 4 is 33.8 Å². The fraction of sp³-hybridized carbons (Fsp3) is 0.438. The molecule has 1 aliphatic rings. The molecule has 7 heteroatoms. The van der Waals surface area contributed by atoms with Gasteiger partial charge in [-0.1, -0.05) is 41.4 Å². The van der Waals surface area contributed by atoms with Crippen molar-refractivity contribution in [3.8, 4) is 0 Å². The smallest absolute Gasteiger partial charge is 0.326 e. The van der Waals surface area contributed by atoms with Crippen molar-refractivity contribution in [2.45, 2.75) is 32.2 Å². The molecule has 0 spiro atoms. The highest BCUT2D eigenvalue weighted by molar-refractivity contribution is 9.10. The highest BCUT2D eigenvalue weighted by atomic mass is 79.9. The van der Waals surface area contributed by atoms with Gasteiger partial charge in [0.1, 0.15) is 12.1 Å². The molecule has 1 saturated heterocycles. The van der Waals surface area contributed by atoms with Gasteiger partial charge in [0.25, 0.3) is 5.91 Å². The van der Waals surface area contributed by atoms with E-state index in [1.165, 1.54) is 0 Å². The summed E-state index contributed by atoms with van der Waals surface area (Å²) in [7, 11) is 0. The second kappa shape index (κ2) is 7.12. The van der Waals surface area contributed by atoms with Crippen LogP contribution in [0.2, 0.25) is 0 Å². The molecule has 124 valence electrons. The molecule has 0 bridgehead atoms. The Bertz CT molecular complexity index is 634. The number of nitrogens with one attached hydrogen (secondary N) is 1. The van der Waals surface area contributed by atoms with Gasteiger partial charge in [0.2, 0.25) is 0 Å². The Kier molecular flexibility index (Phi) is 5.41. The van der Waals surface area contributed by atoms with Crippen molar-refractivity contribution in [2.75, 3.05) is 13.2 Å². The van der Waals surface area contributed by atoms with Crippen LogP contribution < -0.4 is 5.32 Å². The lowest BCUT2D eigenvalue weighted by molar-refractivity contribution is -0.147. The van der Waals surface area contributed by atoms with E-state index >= 15 is 0 Å². The van der Waals surface area contributed by atoms with E-state index in [2.05, 4.69) is 21.2 Å². The lowest BCUT2D eigenvalue weighted by Gasteiger charge is -2.22. The highest BCUT2D eigenvalue weighted by Crippen LogP contribution is 2.30. The monoisotopic (exact) mass is 382 g/mol. The summed E-state index contributed by atoms with van der Waals surface area (Å²) in [6.07, 6.45) is 1.65. The number of unbranched alkanes of at least 4 members (excludes halogenated alkanes) is 1. The molecule has 1 fully saturated rings. The van der Waals surface area contributed by atoms with Gasteiger partial charge in [0, 0.05) is 4.47 Å². The predicted molar refractivity (Wildman–Crippen MR) is 87.6 cm³/mol. The summed E-state index contributed by atoms with van der Waals surface area (Å²) >= 11 is 3.35. The van der Waals surface area contributed by atoms with E-state index in [1.54, 1.807) is 25.1 Å². The molecule has 1 aliphatic heterocycles. The van der Waals surface area contributed by atoms with Crippen LogP contribution in [0.4, 0.5) is 4.79 Å². The number of benzene rings is 1. The normalized spacial score (nSPS) is 20.6. The summed E-state index contributed by atoms with van der Waals surface area (Å²) in [6.45, 7) is 3.52. The van der Waals surface area contributed by atoms with Crippen molar-refractivity contribution < 1.29 is 19.1 Å². The number of carbonyl (C=O) groups excluding carboxylic acids is 3. The number of hydrogen-bond donors (Lipinski definition) is 1. The second-order valence-corrected chi connectivity index (χ2v) is 6.45. The SMILES string of the molecule is CCCCOC(=O)CN1C(=O)N[C@](C)(c2cccc(Br)c2)C1=O. The molecule has 2 rings (SSSR count). The average molecular weight is 383 g/mol. The molecule has 1 atom stereocenters. The number of hydrogen-bond acceptors (Lipinski definition) is 4. The van der Waals surface area contributed by atoms with Gasteiger partial charge in [0.05, 0.1) is 6.61 Å². The molecular weight excluding hydrogens is 364 g/mol. The van der Waals surface area contributed by atoms with E-state index in [4.69, 9.17) is 4.74 Å². The Morgan fingerprint density at radius 3 is 2.78 bits per heavy atom. The Morgan fingerprint density at radius 2 is 2.13 bits per heavy atom. The number of esters is 1. The Hall–Kier alpha value is -1.89. The van der Waals surface area contributed by atoms with E-state index in [0.717, 1.165) is 22.2 Å². The van der Waals surface area contributed by atoms with Crippen LogP contribution in [0.5, 0.6) is 0 Å². The third kappa shape index (κ3) is 3.72. The quantitative estimate of drug-likeness (QED) is 0.466. The molecule has 1 aromatic carbocycles. The van der Waals surface area contributed by atoms with Crippen molar-refractivity contribution in [2.24, 2.45) is 0 Å². The van der Waals surface area contributed by atoms with Crippen molar-refractivity contribution in [3.05, 3.63) is 34.3 Å². The summed E-state index contributed by atoms with van der Waals surface area (Å²) < 4.78 is 5.82. The van der Waals surface area contributed by atoms with Crippen molar-refractivity contribution in [1.82, 2.24) is 10.2 Å². The molecule has 0 unspecified atom stereocenters. The van der Waals surface area contributed by atoms with E-state index in [0.29, 0.717) is 12.2 Å². The van der Waals surface area contributed by atoms with Gasteiger partial charge in [-0.3, -0.25) is 14.5 Å². The first kappa shape index (κ1) is 17.5. The minimum Gasteiger partial charge on any atom is -0.464 e. The minimum absolute atomic E-state index is 0.294. The standard InChI is InChI=1S/C16H19BrN2O4/c1-3-4-8-23-13(20)10-19-14(21)16(2,18-15(19)22)11-6-5-7-12(17)9-11/h5-7,9H,3-4,8,10H2,1-2H3,(H,18,22)/t16-/m1/s1. The molecule has 23 heavy (non-hydrogen) atoms. The van der Waals surface area contributed by atoms with Gasteiger partial charge < -0.3 is 10.1 Å². The maximum absolute atomic E-state index is 12.6. The predicted octanol–water partition coefficient (Wildman–Crippen LogP) is 2.56. The Morgan fingerprint density at radius 1 is 1.39 bits per heavy atom. The lowest BCUT2D eigenvalue weighted by Crippen LogP contribution is -2.41. The largest absolute Gasteiger partial charge is 0.464 e. The maximum Gasteiger partial charge on any atom is 0.326 e. The molecule has 1 heterocycles. The van der Waals surface area contributed by atoms with Crippen LogP contribution in [0.15, 0.2) is 28.7 Å². The van der Waals surface area contributed by atoms with E-state index in [9.17, 15) is 14.4 Å². The highest BCUT2D eigenvalue weighted by Gasteiger charge is 2.49. The number of halogens is 1. The number of rotatable bonds is 6. The van der Waals surface area contributed by atoms with Crippen LogP contribution in [0.25, 0.3) is 0 Å². The average Bonchev–Trinajstić information content (AvgIpc) is 2.72. The number of nitrogens with zero attached hydrogens (tertiary/aromatic N) is 1. The first-order valence-electron chi connectivity index (χ1n) is 7.44. The van der Waals surface area contributed by atoms with Gasteiger partial charge in [-0.15, -0.1) is 0 Å². The third-order valence-electron chi connectivity index (χ3n) is 3.73. The summed E-state index contributed by atoms with van der Waals surface area (Å²) in [4.78, 5) is 37.4. The molecule has 0 saturated carbocycles. The molecule has 0 aromatic heterocycles. The van der Waals surface area contributed by atoms with Crippen LogP contribution in [-0.2, 0) is 19.9 Å². The summed E-state index contributed by atoms with van der Waals surface area (Å²) in [6, 6.07) is 6.54. The fourth-order valence-corrected chi connectivity index (χ4v) is 2.74. The van der Waals surface area contributed by atoms with Gasteiger partial charge >= 0.3 is 12.0 Å².